The largest absolute Gasteiger partial charge is 0.488 e. The molecule has 4 nitrogen and oxygen atoms in total. The highest BCUT2D eigenvalue weighted by Gasteiger charge is 2.44. The van der Waals surface area contributed by atoms with Crippen molar-refractivity contribution in [2.45, 2.75) is 65.6 Å². The summed E-state index contributed by atoms with van der Waals surface area (Å²) in [5.74, 6) is 1.81. The Morgan fingerprint density at radius 3 is 2.28 bits per heavy atom. The van der Waals surface area contributed by atoms with Gasteiger partial charge in [0.05, 0.1) is 5.52 Å². The predicted octanol–water partition coefficient (Wildman–Crippen LogP) is 5.69. The van der Waals surface area contributed by atoms with Crippen molar-refractivity contribution in [3.63, 3.8) is 0 Å². The Morgan fingerprint density at radius 1 is 0.966 bits per heavy atom. The third-order valence-electron chi connectivity index (χ3n) is 5.95. The molecule has 29 heavy (non-hydrogen) atoms. The molecule has 0 bridgehead atoms. The van der Waals surface area contributed by atoms with Crippen molar-refractivity contribution in [2.24, 2.45) is 5.41 Å². The predicted molar refractivity (Wildman–Crippen MR) is 120 cm³/mol. The fourth-order valence-electron chi connectivity index (χ4n) is 4.47. The molecule has 0 aliphatic carbocycles. The fraction of sp³-hybridized carbons (Fsp3) is 0.480. The number of hydrogen-bond acceptors (Lipinski definition) is 3. The highest BCUT2D eigenvalue weighted by atomic mass is 16.5. The monoisotopic (exact) mass is 391 g/mol. The Kier molecular flexibility index (Phi) is 4.94. The lowest BCUT2D eigenvalue weighted by Crippen LogP contribution is -2.49. The van der Waals surface area contributed by atoms with Gasteiger partial charge in [0.1, 0.15) is 17.7 Å². The summed E-state index contributed by atoms with van der Waals surface area (Å²) in [4.78, 5) is 7.45. The van der Waals surface area contributed by atoms with Crippen LogP contribution in [0, 0.1) is 5.41 Å². The van der Waals surface area contributed by atoms with Gasteiger partial charge in [0, 0.05) is 48.4 Å². The van der Waals surface area contributed by atoms with Crippen LogP contribution in [-0.4, -0.2) is 38.7 Å². The number of benzene rings is 1. The van der Waals surface area contributed by atoms with E-state index in [1.165, 1.54) is 0 Å². The minimum Gasteiger partial charge on any atom is -0.488 e. The molecule has 154 valence electrons. The third kappa shape index (κ3) is 4.04. The first-order chi connectivity index (χ1) is 13.6. The van der Waals surface area contributed by atoms with E-state index in [0.717, 1.165) is 35.4 Å². The topological polar surface area (TPSA) is 30.3 Å². The van der Waals surface area contributed by atoms with Crippen LogP contribution in [0.5, 0.6) is 5.75 Å². The smallest absolute Gasteiger partial charge is 0.141 e. The van der Waals surface area contributed by atoms with E-state index in [1.807, 2.05) is 35.2 Å². The Hall–Kier alpha value is -2.33. The molecule has 2 unspecified atom stereocenters. The summed E-state index contributed by atoms with van der Waals surface area (Å²) in [5, 5.41) is 1.07. The molecule has 1 saturated heterocycles. The maximum atomic E-state index is 6.68. The molecule has 1 aliphatic rings. The number of ether oxygens (including phenoxy) is 1. The summed E-state index contributed by atoms with van der Waals surface area (Å²) in [6.45, 7) is 14.9. The van der Waals surface area contributed by atoms with Gasteiger partial charge >= 0.3 is 0 Å². The van der Waals surface area contributed by atoms with Gasteiger partial charge in [-0.1, -0.05) is 32.9 Å². The second-order valence-corrected chi connectivity index (χ2v) is 10.3. The molecule has 2 atom stereocenters. The van der Waals surface area contributed by atoms with Crippen LogP contribution in [0.3, 0.4) is 0 Å². The lowest BCUT2D eigenvalue weighted by Gasteiger charge is -2.42. The normalized spacial score (nSPS) is 21.0. The molecule has 0 amide bonds. The molecule has 1 fully saturated rings. The number of rotatable bonds is 3. The molecule has 4 heteroatoms. The van der Waals surface area contributed by atoms with Gasteiger partial charge in [-0.25, -0.2) is 4.98 Å². The van der Waals surface area contributed by atoms with E-state index >= 15 is 0 Å². The maximum Gasteiger partial charge on any atom is 0.141 e. The van der Waals surface area contributed by atoms with Crippen molar-refractivity contribution in [3.8, 4) is 11.6 Å². The lowest BCUT2D eigenvalue weighted by atomic mass is 9.83. The second kappa shape index (κ2) is 7.17. The van der Waals surface area contributed by atoms with Crippen LogP contribution in [0.15, 0.2) is 54.9 Å². The Balaban J connectivity index is 1.69. The summed E-state index contributed by atoms with van der Waals surface area (Å²) in [5.41, 5.74) is 1.29. The number of likely N-dealkylation sites (tertiary alicyclic amines) is 1. The molecule has 0 saturated carbocycles. The summed E-state index contributed by atoms with van der Waals surface area (Å²) in [6.07, 6.45) is 5.25. The molecule has 3 aromatic rings. The van der Waals surface area contributed by atoms with Crippen LogP contribution in [0.25, 0.3) is 16.7 Å². The average Bonchev–Trinajstić information content (AvgIpc) is 3.31. The molecular weight excluding hydrogens is 358 g/mol. The molecule has 2 aromatic heterocycles. The Bertz CT molecular complexity index is 957. The van der Waals surface area contributed by atoms with Crippen LogP contribution in [-0.2, 0) is 0 Å². The van der Waals surface area contributed by atoms with Gasteiger partial charge < -0.3 is 9.30 Å². The number of para-hydroxylation sites is 1. The Morgan fingerprint density at radius 2 is 1.66 bits per heavy atom. The SMILES string of the molecule is CC(C)(C)C1CC(Oc2cc(-n3cccc3)nc3ccccc23)CN1C(C)(C)C. The summed E-state index contributed by atoms with van der Waals surface area (Å²) in [6, 6.07) is 14.9. The number of nitrogens with zero attached hydrogens (tertiary/aromatic N) is 3. The van der Waals surface area contributed by atoms with E-state index in [1.54, 1.807) is 0 Å². The van der Waals surface area contributed by atoms with Gasteiger partial charge in [-0.05, 0) is 50.5 Å². The molecule has 0 radical (unpaired) electrons. The number of fused-ring (bicyclic) bond motifs is 1. The molecule has 1 aliphatic heterocycles. The first-order valence-electron chi connectivity index (χ1n) is 10.6. The van der Waals surface area contributed by atoms with Gasteiger partial charge in [-0.15, -0.1) is 0 Å². The maximum absolute atomic E-state index is 6.68. The number of hydrogen-bond donors (Lipinski definition) is 0. The zero-order chi connectivity index (χ0) is 20.8. The molecule has 0 spiro atoms. The van der Waals surface area contributed by atoms with Crippen molar-refractivity contribution in [2.75, 3.05) is 6.54 Å². The summed E-state index contributed by atoms with van der Waals surface area (Å²) in [7, 11) is 0. The summed E-state index contributed by atoms with van der Waals surface area (Å²) >= 11 is 0. The third-order valence-corrected chi connectivity index (χ3v) is 5.95. The van der Waals surface area contributed by atoms with Crippen LogP contribution in [0.2, 0.25) is 0 Å². The van der Waals surface area contributed by atoms with Crippen LogP contribution >= 0.6 is 0 Å². The zero-order valence-corrected chi connectivity index (χ0v) is 18.5. The average molecular weight is 392 g/mol. The molecule has 4 rings (SSSR count). The van der Waals surface area contributed by atoms with Gasteiger partial charge in [0.25, 0.3) is 0 Å². The molecule has 3 heterocycles. The van der Waals surface area contributed by atoms with Gasteiger partial charge in [0.15, 0.2) is 0 Å². The van der Waals surface area contributed by atoms with Crippen molar-refractivity contribution in [1.29, 1.82) is 0 Å². The zero-order valence-electron chi connectivity index (χ0n) is 18.5. The van der Waals surface area contributed by atoms with E-state index in [9.17, 15) is 0 Å². The first-order valence-corrected chi connectivity index (χ1v) is 10.6. The van der Waals surface area contributed by atoms with Gasteiger partial charge in [-0.3, -0.25) is 4.90 Å². The molecular formula is C25H33N3O. The molecule has 0 N–H and O–H groups in total. The van der Waals surface area contributed by atoms with E-state index in [-0.39, 0.29) is 17.1 Å². The van der Waals surface area contributed by atoms with Gasteiger partial charge in [0.2, 0.25) is 0 Å². The Labute approximate surface area is 174 Å². The van der Waals surface area contributed by atoms with Crippen LogP contribution in [0.1, 0.15) is 48.0 Å². The summed E-state index contributed by atoms with van der Waals surface area (Å²) < 4.78 is 8.72. The highest BCUT2D eigenvalue weighted by Crippen LogP contribution is 2.39. The van der Waals surface area contributed by atoms with E-state index in [0.29, 0.717) is 6.04 Å². The minimum absolute atomic E-state index is 0.118. The van der Waals surface area contributed by atoms with E-state index in [4.69, 9.17) is 9.72 Å². The number of pyridine rings is 1. The van der Waals surface area contributed by atoms with E-state index in [2.05, 4.69) is 70.7 Å². The fourth-order valence-corrected chi connectivity index (χ4v) is 4.47. The van der Waals surface area contributed by atoms with E-state index < -0.39 is 0 Å². The lowest BCUT2D eigenvalue weighted by molar-refractivity contribution is 0.0559. The number of aromatic nitrogens is 2. The quantitative estimate of drug-likeness (QED) is 0.574. The minimum atomic E-state index is 0.118. The van der Waals surface area contributed by atoms with Crippen molar-refractivity contribution in [1.82, 2.24) is 14.5 Å². The first kappa shape index (κ1) is 20.0. The van der Waals surface area contributed by atoms with Gasteiger partial charge in [-0.2, -0.15) is 0 Å². The van der Waals surface area contributed by atoms with Crippen molar-refractivity contribution >= 4 is 10.9 Å². The van der Waals surface area contributed by atoms with Crippen molar-refractivity contribution in [3.05, 3.63) is 54.9 Å². The van der Waals surface area contributed by atoms with Crippen molar-refractivity contribution < 1.29 is 4.74 Å². The van der Waals surface area contributed by atoms with Crippen LogP contribution < -0.4 is 4.74 Å². The van der Waals surface area contributed by atoms with Crippen LogP contribution in [0.4, 0.5) is 0 Å². The highest BCUT2D eigenvalue weighted by molar-refractivity contribution is 5.86. The second-order valence-electron chi connectivity index (χ2n) is 10.3. The molecule has 1 aromatic carbocycles. The standard InChI is InChI=1S/C25H33N3O/c1-24(2,3)22-15-18(17-28(22)25(4,5)6)29-21-16-23(27-13-9-10-14-27)26-20-12-8-7-11-19(20)21/h7-14,16,18,22H,15,17H2,1-6H3.